The number of rotatable bonds is 1. The summed E-state index contributed by atoms with van der Waals surface area (Å²) in [5.41, 5.74) is 3.07. The second-order valence-electron chi connectivity index (χ2n) is 6.63. The molecule has 23 heavy (non-hydrogen) atoms. The summed E-state index contributed by atoms with van der Waals surface area (Å²) >= 11 is 0. The standard InChI is InChI=1S/C17H25N3O.2ClH/c1-13-3-4-15(14(2)19-13)16(21)20-11-7-17(8-12-20)5-9-18-10-6-17;;/h3-4,18H,5-12H2,1-2H3;2*1H. The van der Waals surface area contributed by atoms with Gasteiger partial charge in [0.05, 0.1) is 11.3 Å². The Morgan fingerprint density at radius 1 is 1.09 bits per heavy atom. The van der Waals surface area contributed by atoms with E-state index in [0.29, 0.717) is 5.41 Å². The van der Waals surface area contributed by atoms with Crippen molar-refractivity contribution in [2.24, 2.45) is 5.41 Å². The molecule has 2 fully saturated rings. The van der Waals surface area contributed by atoms with Gasteiger partial charge in [-0.05, 0) is 70.2 Å². The van der Waals surface area contributed by atoms with Crippen molar-refractivity contribution in [1.29, 1.82) is 0 Å². The highest BCUT2D eigenvalue weighted by Crippen LogP contribution is 2.39. The number of nitrogens with one attached hydrogen (secondary N) is 1. The molecule has 0 radical (unpaired) electrons. The number of hydrogen-bond acceptors (Lipinski definition) is 3. The van der Waals surface area contributed by atoms with Crippen LogP contribution in [-0.4, -0.2) is 42.0 Å². The largest absolute Gasteiger partial charge is 0.339 e. The molecule has 3 rings (SSSR count). The van der Waals surface area contributed by atoms with Gasteiger partial charge in [0.1, 0.15) is 0 Å². The molecule has 130 valence electrons. The number of pyridine rings is 1. The van der Waals surface area contributed by atoms with Gasteiger partial charge in [-0.2, -0.15) is 0 Å². The van der Waals surface area contributed by atoms with Gasteiger partial charge in [0.2, 0.25) is 0 Å². The lowest BCUT2D eigenvalue weighted by Crippen LogP contribution is -2.47. The van der Waals surface area contributed by atoms with Gasteiger partial charge in [-0.15, -0.1) is 24.8 Å². The Morgan fingerprint density at radius 3 is 2.26 bits per heavy atom. The zero-order valence-electron chi connectivity index (χ0n) is 13.9. The van der Waals surface area contributed by atoms with Crippen molar-refractivity contribution in [2.45, 2.75) is 39.5 Å². The Hall–Kier alpha value is -0.840. The van der Waals surface area contributed by atoms with Crippen LogP contribution < -0.4 is 5.32 Å². The summed E-state index contributed by atoms with van der Waals surface area (Å²) in [7, 11) is 0. The SMILES string of the molecule is Cc1ccc(C(=O)N2CCC3(CCNCC3)CC2)c(C)n1.Cl.Cl. The van der Waals surface area contributed by atoms with Crippen LogP contribution in [0, 0.1) is 19.3 Å². The van der Waals surface area contributed by atoms with E-state index in [9.17, 15) is 4.79 Å². The quantitative estimate of drug-likeness (QED) is 0.837. The van der Waals surface area contributed by atoms with Crippen molar-refractivity contribution in [3.63, 3.8) is 0 Å². The van der Waals surface area contributed by atoms with Crippen molar-refractivity contribution >= 4 is 30.7 Å². The minimum absolute atomic E-state index is 0. The van der Waals surface area contributed by atoms with Crippen LogP contribution in [0.1, 0.15) is 47.4 Å². The molecule has 1 aromatic heterocycles. The van der Waals surface area contributed by atoms with Gasteiger partial charge in [0.15, 0.2) is 0 Å². The van der Waals surface area contributed by atoms with Gasteiger partial charge in [-0.3, -0.25) is 9.78 Å². The molecule has 1 N–H and O–H groups in total. The number of amides is 1. The van der Waals surface area contributed by atoms with Crippen LogP contribution >= 0.6 is 24.8 Å². The third-order valence-electron chi connectivity index (χ3n) is 5.23. The van der Waals surface area contributed by atoms with E-state index in [4.69, 9.17) is 0 Å². The van der Waals surface area contributed by atoms with Gasteiger partial charge >= 0.3 is 0 Å². The van der Waals surface area contributed by atoms with Crippen LogP contribution in [0.3, 0.4) is 0 Å². The van der Waals surface area contributed by atoms with Crippen LogP contribution in [0.2, 0.25) is 0 Å². The highest BCUT2D eigenvalue weighted by Gasteiger charge is 2.37. The fraction of sp³-hybridized carbons (Fsp3) is 0.647. The van der Waals surface area contributed by atoms with Gasteiger partial charge in [0.25, 0.3) is 5.91 Å². The molecule has 2 aliphatic heterocycles. The van der Waals surface area contributed by atoms with Gasteiger partial charge < -0.3 is 10.2 Å². The topological polar surface area (TPSA) is 45.2 Å². The number of aromatic nitrogens is 1. The van der Waals surface area contributed by atoms with Crippen LogP contribution in [-0.2, 0) is 0 Å². The van der Waals surface area contributed by atoms with E-state index in [1.807, 2.05) is 30.9 Å². The van der Waals surface area contributed by atoms with E-state index in [0.717, 1.165) is 56.0 Å². The zero-order chi connectivity index (χ0) is 14.9. The Kier molecular flexibility index (Phi) is 7.30. The number of carbonyl (C=O) groups excluding carboxylic acids is 1. The number of piperidine rings is 2. The van der Waals surface area contributed by atoms with E-state index in [1.165, 1.54) is 12.8 Å². The van der Waals surface area contributed by atoms with Gasteiger partial charge in [-0.25, -0.2) is 0 Å². The van der Waals surface area contributed by atoms with Gasteiger partial charge in [0, 0.05) is 18.8 Å². The summed E-state index contributed by atoms with van der Waals surface area (Å²) in [4.78, 5) is 19.1. The first-order valence-electron chi connectivity index (χ1n) is 8.04. The van der Waals surface area contributed by atoms with Crippen molar-refractivity contribution in [3.8, 4) is 0 Å². The van der Waals surface area contributed by atoms with Crippen molar-refractivity contribution < 1.29 is 4.79 Å². The number of nitrogens with zero attached hydrogens (tertiary/aromatic N) is 2. The number of aryl methyl sites for hydroxylation is 2. The summed E-state index contributed by atoms with van der Waals surface area (Å²) in [5.74, 6) is 0.156. The maximum atomic E-state index is 12.7. The molecular weight excluding hydrogens is 333 g/mol. The smallest absolute Gasteiger partial charge is 0.255 e. The van der Waals surface area contributed by atoms with E-state index in [-0.39, 0.29) is 30.7 Å². The summed E-state index contributed by atoms with van der Waals surface area (Å²) in [6, 6.07) is 3.85. The van der Waals surface area contributed by atoms with Crippen LogP contribution in [0.15, 0.2) is 12.1 Å². The van der Waals surface area contributed by atoms with Crippen LogP contribution in [0.4, 0.5) is 0 Å². The second kappa shape index (κ2) is 8.32. The summed E-state index contributed by atoms with van der Waals surface area (Å²) in [5, 5.41) is 3.44. The molecule has 0 saturated carbocycles. The highest BCUT2D eigenvalue weighted by molar-refractivity contribution is 5.95. The molecule has 1 aromatic rings. The summed E-state index contributed by atoms with van der Waals surface area (Å²) in [6.45, 7) is 7.95. The molecule has 6 heteroatoms. The molecule has 0 aliphatic carbocycles. The molecule has 2 aliphatic rings. The summed E-state index contributed by atoms with van der Waals surface area (Å²) < 4.78 is 0. The minimum atomic E-state index is 0. The molecule has 0 bridgehead atoms. The van der Waals surface area contributed by atoms with E-state index in [2.05, 4.69) is 10.3 Å². The minimum Gasteiger partial charge on any atom is -0.339 e. The zero-order valence-corrected chi connectivity index (χ0v) is 15.6. The first-order chi connectivity index (χ1) is 10.1. The van der Waals surface area contributed by atoms with Crippen molar-refractivity contribution in [1.82, 2.24) is 15.2 Å². The average Bonchev–Trinajstić information content (AvgIpc) is 2.48. The third kappa shape index (κ3) is 4.37. The molecular formula is C17H27Cl2N3O. The van der Waals surface area contributed by atoms with E-state index < -0.39 is 0 Å². The Morgan fingerprint density at radius 2 is 1.70 bits per heavy atom. The maximum Gasteiger partial charge on any atom is 0.255 e. The first kappa shape index (κ1) is 20.2. The van der Waals surface area contributed by atoms with Crippen LogP contribution in [0.25, 0.3) is 0 Å². The molecule has 2 saturated heterocycles. The molecule has 3 heterocycles. The van der Waals surface area contributed by atoms with E-state index in [1.54, 1.807) is 0 Å². The number of likely N-dealkylation sites (tertiary alicyclic amines) is 1. The Labute approximate surface area is 151 Å². The molecule has 1 amide bonds. The average molecular weight is 360 g/mol. The monoisotopic (exact) mass is 359 g/mol. The fourth-order valence-corrected chi connectivity index (χ4v) is 3.72. The summed E-state index contributed by atoms with van der Waals surface area (Å²) in [6.07, 6.45) is 4.83. The normalized spacial score (nSPS) is 19.7. The molecule has 1 spiro atoms. The second-order valence-corrected chi connectivity index (χ2v) is 6.63. The number of carbonyl (C=O) groups is 1. The molecule has 0 aromatic carbocycles. The Balaban J connectivity index is 0.00000132. The fourth-order valence-electron chi connectivity index (χ4n) is 3.72. The van der Waals surface area contributed by atoms with Crippen molar-refractivity contribution in [2.75, 3.05) is 26.2 Å². The highest BCUT2D eigenvalue weighted by atomic mass is 35.5. The maximum absolute atomic E-state index is 12.7. The lowest BCUT2D eigenvalue weighted by Gasteiger charge is -2.44. The lowest BCUT2D eigenvalue weighted by atomic mass is 9.71. The lowest BCUT2D eigenvalue weighted by molar-refractivity contribution is 0.0494. The third-order valence-corrected chi connectivity index (χ3v) is 5.23. The molecule has 0 unspecified atom stereocenters. The predicted octanol–water partition coefficient (Wildman–Crippen LogP) is 3.15. The first-order valence-corrected chi connectivity index (χ1v) is 8.04. The molecule has 0 atom stereocenters. The number of hydrogen-bond donors (Lipinski definition) is 1. The van der Waals surface area contributed by atoms with Gasteiger partial charge in [-0.1, -0.05) is 0 Å². The van der Waals surface area contributed by atoms with E-state index >= 15 is 0 Å². The predicted molar refractivity (Wildman–Crippen MR) is 97.9 cm³/mol. The number of halogens is 2. The molecule has 4 nitrogen and oxygen atoms in total. The Bertz CT molecular complexity index is 535. The van der Waals surface area contributed by atoms with Crippen molar-refractivity contribution in [3.05, 3.63) is 29.1 Å². The van der Waals surface area contributed by atoms with Crippen LogP contribution in [0.5, 0.6) is 0 Å².